The molecule has 1 heterocycles. The second kappa shape index (κ2) is 8.18. The number of rotatable bonds is 6. The molecule has 0 aliphatic carbocycles. The van der Waals surface area contributed by atoms with Gasteiger partial charge in [-0.05, 0) is 38.8 Å². The lowest BCUT2D eigenvalue weighted by Crippen LogP contribution is -2.34. The Bertz CT molecular complexity index is 472. The first-order valence-electron chi connectivity index (χ1n) is 6.38. The molecule has 0 atom stereocenters. The number of ether oxygens (including phenoxy) is 1. The van der Waals surface area contributed by atoms with Gasteiger partial charge >= 0.3 is 5.97 Å². The molecule has 0 aromatic carbocycles. The van der Waals surface area contributed by atoms with E-state index in [0.717, 1.165) is 29.4 Å². The van der Waals surface area contributed by atoms with Crippen molar-refractivity contribution in [2.24, 2.45) is 0 Å². The van der Waals surface area contributed by atoms with Gasteiger partial charge in [0.25, 0.3) is 0 Å². The van der Waals surface area contributed by atoms with E-state index in [1.807, 2.05) is 27.1 Å². The van der Waals surface area contributed by atoms with Gasteiger partial charge in [-0.1, -0.05) is 6.92 Å². The number of methoxy groups -OCH3 is 1. The van der Waals surface area contributed by atoms with Crippen LogP contribution in [0.4, 0.5) is 5.00 Å². The molecule has 0 saturated heterocycles. The number of anilines is 1. The van der Waals surface area contributed by atoms with Gasteiger partial charge in [-0.3, -0.25) is 0 Å². The van der Waals surface area contributed by atoms with Crippen LogP contribution < -0.4 is 10.6 Å². The normalized spacial score (nSPS) is 10.4. The Morgan fingerprint density at radius 1 is 1.50 bits per heavy atom. The third kappa shape index (κ3) is 5.07. The zero-order valence-electron chi connectivity index (χ0n) is 12.3. The summed E-state index contributed by atoms with van der Waals surface area (Å²) in [5.41, 5.74) is 0.533. The molecule has 1 rings (SSSR count). The lowest BCUT2D eigenvalue weighted by Gasteiger charge is -2.13. The quantitative estimate of drug-likeness (QED) is 0.618. The smallest absolute Gasteiger partial charge is 0.340 e. The summed E-state index contributed by atoms with van der Waals surface area (Å²) in [5, 5.41) is 7.43. The van der Waals surface area contributed by atoms with E-state index in [2.05, 4.69) is 15.5 Å². The molecule has 2 N–H and O–H groups in total. The van der Waals surface area contributed by atoms with Crippen molar-refractivity contribution in [2.45, 2.75) is 13.3 Å². The first-order chi connectivity index (χ1) is 9.47. The minimum atomic E-state index is -0.348. The Morgan fingerprint density at radius 2 is 2.20 bits per heavy atom. The molecule has 7 heteroatoms. The van der Waals surface area contributed by atoms with Gasteiger partial charge in [0.15, 0.2) is 5.11 Å². The molecule has 0 unspecified atom stereocenters. The van der Waals surface area contributed by atoms with Crippen molar-refractivity contribution in [2.75, 3.05) is 39.6 Å². The van der Waals surface area contributed by atoms with Gasteiger partial charge < -0.3 is 20.3 Å². The summed E-state index contributed by atoms with van der Waals surface area (Å²) in [6, 6.07) is 1.85. The van der Waals surface area contributed by atoms with Crippen LogP contribution >= 0.6 is 23.6 Å². The van der Waals surface area contributed by atoms with Gasteiger partial charge in [-0.25, -0.2) is 4.79 Å². The van der Waals surface area contributed by atoms with Crippen LogP contribution in [0, 0.1) is 0 Å². The van der Waals surface area contributed by atoms with Crippen molar-refractivity contribution in [3.8, 4) is 0 Å². The van der Waals surface area contributed by atoms with Gasteiger partial charge in [0.2, 0.25) is 0 Å². The average molecular weight is 315 g/mol. The molecule has 0 fully saturated rings. The molecule has 5 nitrogen and oxygen atoms in total. The maximum Gasteiger partial charge on any atom is 0.340 e. The fourth-order valence-electron chi connectivity index (χ4n) is 1.51. The molecule has 0 bridgehead atoms. The van der Waals surface area contributed by atoms with E-state index in [1.54, 1.807) is 0 Å². The molecule has 0 saturated carbocycles. The SMILES string of the molecule is CCc1cc(C(=O)OC)c(NC(=S)NCCN(C)C)s1. The second-order valence-corrected chi connectivity index (χ2v) is 6.03. The van der Waals surface area contributed by atoms with Gasteiger partial charge in [0.05, 0.1) is 12.7 Å². The van der Waals surface area contributed by atoms with Crippen molar-refractivity contribution < 1.29 is 9.53 Å². The van der Waals surface area contributed by atoms with Crippen molar-refractivity contribution in [3.05, 3.63) is 16.5 Å². The highest BCUT2D eigenvalue weighted by atomic mass is 32.1. The van der Waals surface area contributed by atoms with E-state index < -0.39 is 0 Å². The number of thiocarbonyl (C=S) groups is 1. The largest absolute Gasteiger partial charge is 0.465 e. The Kier molecular flexibility index (Phi) is 6.90. The molecule has 1 aromatic rings. The van der Waals surface area contributed by atoms with E-state index in [-0.39, 0.29) is 5.97 Å². The average Bonchev–Trinajstić information content (AvgIpc) is 2.80. The molecule has 0 aliphatic rings. The van der Waals surface area contributed by atoms with E-state index in [4.69, 9.17) is 17.0 Å². The minimum absolute atomic E-state index is 0.348. The number of aryl methyl sites for hydroxylation is 1. The molecule has 112 valence electrons. The minimum Gasteiger partial charge on any atom is -0.465 e. The Balaban J connectivity index is 2.68. The lowest BCUT2D eigenvalue weighted by atomic mass is 10.2. The summed E-state index contributed by atoms with van der Waals surface area (Å²) in [6.07, 6.45) is 0.872. The molecule has 20 heavy (non-hydrogen) atoms. The summed E-state index contributed by atoms with van der Waals surface area (Å²) in [5.74, 6) is -0.348. The Morgan fingerprint density at radius 3 is 2.75 bits per heavy atom. The third-order valence-electron chi connectivity index (χ3n) is 2.61. The summed E-state index contributed by atoms with van der Waals surface area (Å²) in [7, 11) is 5.38. The Hall–Kier alpha value is -1.18. The number of thiophene rings is 1. The van der Waals surface area contributed by atoms with Gasteiger partial charge in [-0.2, -0.15) is 0 Å². The zero-order chi connectivity index (χ0) is 15.1. The summed E-state index contributed by atoms with van der Waals surface area (Å²) < 4.78 is 4.79. The molecule has 0 radical (unpaired) electrons. The van der Waals surface area contributed by atoms with Crippen LogP contribution in [0.2, 0.25) is 0 Å². The fourth-order valence-corrected chi connectivity index (χ4v) is 2.77. The first-order valence-corrected chi connectivity index (χ1v) is 7.61. The number of hydrogen-bond donors (Lipinski definition) is 2. The number of hydrogen-bond acceptors (Lipinski definition) is 5. The standard InChI is InChI=1S/C13H21N3O2S2/c1-5-9-8-10(12(17)18-4)11(20-9)15-13(19)14-6-7-16(2)3/h8H,5-7H2,1-4H3,(H2,14,15,19). The summed E-state index contributed by atoms with van der Waals surface area (Å²) >= 11 is 6.75. The van der Waals surface area contributed by atoms with E-state index in [9.17, 15) is 4.79 Å². The van der Waals surface area contributed by atoms with E-state index in [0.29, 0.717) is 10.7 Å². The number of likely N-dealkylation sites (N-methyl/N-ethyl adjacent to an activating group) is 1. The lowest BCUT2D eigenvalue weighted by molar-refractivity contribution is 0.0602. The third-order valence-corrected chi connectivity index (χ3v) is 4.05. The Labute approximate surface area is 129 Å². The zero-order valence-corrected chi connectivity index (χ0v) is 13.9. The second-order valence-electron chi connectivity index (χ2n) is 4.48. The number of carbonyl (C=O) groups is 1. The van der Waals surface area contributed by atoms with Crippen molar-refractivity contribution in [1.82, 2.24) is 10.2 Å². The van der Waals surface area contributed by atoms with Crippen molar-refractivity contribution in [3.63, 3.8) is 0 Å². The van der Waals surface area contributed by atoms with Crippen molar-refractivity contribution >= 4 is 39.6 Å². The van der Waals surface area contributed by atoms with Crippen LogP contribution in [-0.4, -0.2) is 50.3 Å². The van der Waals surface area contributed by atoms with Crippen LogP contribution in [0.5, 0.6) is 0 Å². The predicted molar refractivity (Wildman–Crippen MR) is 87.8 cm³/mol. The highest BCUT2D eigenvalue weighted by molar-refractivity contribution is 7.80. The maximum absolute atomic E-state index is 11.7. The number of nitrogens with zero attached hydrogens (tertiary/aromatic N) is 1. The first kappa shape index (κ1) is 16.9. The maximum atomic E-state index is 11.7. The van der Waals surface area contributed by atoms with Crippen LogP contribution in [0.15, 0.2) is 6.07 Å². The topological polar surface area (TPSA) is 53.6 Å². The molecular formula is C13H21N3O2S2. The highest BCUT2D eigenvalue weighted by Gasteiger charge is 2.16. The van der Waals surface area contributed by atoms with E-state index >= 15 is 0 Å². The van der Waals surface area contributed by atoms with E-state index in [1.165, 1.54) is 18.4 Å². The van der Waals surface area contributed by atoms with Crippen LogP contribution in [-0.2, 0) is 11.2 Å². The number of esters is 1. The molecule has 0 aliphatic heterocycles. The number of nitrogens with one attached hydrogen (secondary N) is 2. The summed E-state index contributed by atoms with van der Waals surface area (Å²) in [4.78, 5) is 14.9. The monoisotopic (exact) mass is 315 g/mol. The predicted octanol–water partition coefficient (Wildman–Crippen LogP) is 1.95. The van der Waals surface area contributed by atoms with Gasteiger partial charge in [0, 0.05) is 18.0 Å². The molecule has 1 aromatic heterocycles. The fraction of sp³-hybridized carbons (Fsp3) is 0.538. The van der Waals surface area contributed by atoms with Gasteiger partial charge in [-0.15, -0.1) is 11.3 Å². The van der Waals surface area contributed by atoms with Crippen LogP contribution in [0.3, 0.4) is 0 Å². The number of carbonyl (C=O) groups excluding carboxylic acids is 1. The summed E-state index contributed by atoms with van der Waals surface area (Å²) in [6.45, 7) is 3.68. The molecule has 0 spiro atoms. The highest BCUT2D eigenvalue weighted by Crippen LogP contribution is 2.29. The van der Waals surface area contributed by atoms with Gasteiger partial charge in [0.1, 0.15) is 5.00 Å². The molecular weight excluding hydrogens is 294 g/mol. The van der Waals surface area contributed by atoms with Crippen molar-refractivity contribution in [1.29, 1.82) is 0 Å². The molecule has 0 amide bonds. The van der Waals surface area contributed by atoms with Crippen LogP contribution in [0.1, 0.15) is 22.2 Å². The van der Waals surface area contributed by atoms with Crippen LogP contribution in [0.25, 0.3) is 0 Å².